The summed E-state index contributed by atoms with van der Waals surface area (Å²) in [6.45, 7) is 1.06. The van der Waals surface area contributed by atoms with Crippen LogP contribution in [-0.2, 0) is 21.4 Å². The topological polar surface area (TPSA) is 79.4 Å². The van der Waals surface area contributed by atoms with Crippen LogP contribution in [0.2, 0.25) is 0 Å². The number of hydrogen-bond acceptors (Lipinski definition) is 5. The molecule has 0 bridgehead atoms. The summed E-state index contributed by atoms with van der Waals surface area (Å²) in [4.78, 5) is 17.3. The van der Waals surface area contributed by atoms with Gasteiger partial charge in [0.05, 0.1) is 18.2 Å². The molecular weight excluding hydrogens is 394 g/mol. The van der Waals surface area contributed by atoms with Crippen LogP contribution < -0.4 is 5.32 Å². The van der Waals surface area contributed by atoms with Crippen molar-refractivity contribution in [2.24, 2.45) is 11.3 Å². The van der Waals surface area contributed by atoms with E-state index in [2.05, 4.69) is 10.3 Å². The zero-order valence-corrected chi connectivity index (χ0v) is 17.3. The molecule has 0 radical (unpaired) electrons. The average Bonchev–Trinajstić information content (AvgIpc) is 3.37. The van der Waals surface area contributed by atoms with Crippen LogP contribution in [0, 0.1) is 11.3 Å². The molecule has 2 fully saturated rings. The van der Waals surface area contributed by atoms with Gasteiger partial charge in [-0.3, -0.25) is 9.78 Å². The van der Waals surface area contributed by atoms with Gasteiger partial charge in [0, 0.05) is 19.3 Å². The van der Waals surface area contributed by atoms with E-state index in [0.29, 0.717) is 17.3 Å². The molecule has 2 aromatic heterocycles. The number of hydrogen-bond donors (Lipinski definition) is 1. The van der Waals surface area contributed by atoms with Crippen LogP contribution in [0.4, 0.5) is 0 Å². The normalized spacial score (nSPS) is 22.4. The average molecular weight is 420 g/mol. The number of rotatable bonds is 5. The first-order valence-corrected chi connectivity index (χ1v) is 12.0. The van der Waals surface area contributed by atoms with Crippen LogP contribution >= 0.6 is 11.3 Å². The smallest absolute Gasteiger partial charge is 0.252 e. The Bertz CT molecular complexity index is 907. The van der Waals surface area contributed by atoms with Crippen molar-refractivity contribution in [3.8, 4) is 0 Å². The molecule has 0 unspecified atom stereocenters. The van der Waals surface area contributed by atoms with Gasteiger partial charge in [0.25, 0.3) is 10.0 Å². The van der Waals surface area contributed by atoms with Crippen LogP contribution in [-0.4, -0.2) is 36.7 Å². The molecule has 3 heterocycles. The SMILES string of the molecule is O=C(NCc1ccccn1)[C@H]1CN(S(=O)(=O)c2cccs2)CC12CCCCC2. The van der Waals surface area contributed by atoms with Gasteiger partial charge in [-0.25, -0.2) is 8.42 Å². The second kappa shape index (κ2) is 7.93. The van der Waals surface area contributed by atoms with E-state index < -0.39 is 10.0 Å². The van der Waals surface area contributed by atoms with E-state index in [-0.39, 0.29) is 23.8 Å². The van der Waals surface area contributed by atoms with Gasteiger partial charge in [-0.15, -0.1) is 11.3 Å². The lowest BCUT2D eigenvalue weighted by molar-refractivity contribution is -0.128. The van der Waals surface area contributed by atoms with E-state index in [1.165, 1.54) is 15.6 Å². The Morgan fingerprint density at radius 1 is 1.21 bits per heavy atom. The van der Waals surface area contributed by atoms with Gasteiger partial charge in [-0.05, 0) is 41.8 Å². The maximum absolute atomic E-state index is 13.1. The maximum Gasteiger partial charge on any atom is 0.252 e. The number of pyridine rings is 1. The molecule has 28 heavy (non-hydrogen) atoms. The number of amides is 1. The molecule has 0 aromatic carbocycles. The molecule has 4 rings (SSSR count). The molecule has 8 heteroatoms. The highest BCUT2D eigenvalue weighted by Crippen LogP contribution is 2.49. The van der Waals surface area contributed by atoms with Gasteiger partial charge in [0.2, 0.25) is 5.91 Å². The quantitative estimate of drug-likeness (QED) is 0.808. The summed E-state index contributed by atoms with van der Waals surface area (Å²) in [5.41, 5.74) is 0.547. The molecular formula is C20H25N3O3S2. The molecule has 1 saturated carbocycles. The van der Waals surface area contributed by atoms with Gasteiger partial charge in [-0.2, -0.15) is 4.31 Å². The minimum Gasteiger partial charge on any atom is -0.350 e. The molecule has 1 spiro atoms. The van der Waals surface area contributed by atoms with Crippen molar-refractivity contribution in [1.82, 2.24) is 14.6 Å². The number of aromatic nitrogens is 1. The summed E-state index contributed by atoms with van der Waals surface area (Å²) >= 11 is 1.23. The summed E-state index contributed by atoms with van der Waals surface area (Å²) < 4.78 is 28.0. The van der Waals surface area contributed by atoms with Crippen molar-refractivity contribution < 1.29 is 13.2 Å². The second-order valence-electron chi connectivity index (χ2n) is 7.74. The number of thiophene rings is 1. The fourth-order valence-electron chi connectivity index (χ4n) is 4.57. The molecule has 1 atom stereocenters. The molecule has 1 saturated heterocycles. The van der Waals surface area contributed by atoms with Crippen molar-refractivity contribution in [3.63, 3.8) is 0 Å². The lowest BCUT2D eigenvalue weighted by Crippen LogP contribution is -2.42. The van der Waals surface area contributed by atoms with Crippen molar-refractivity contribution >= 4 is 27.3 Å². The van der Waals surface area contributed by atoms with E-state index in [1.807, 2.05) is 18.2 Å². The van der Waals surface area contributed by atoms with Crippen molar-refractivity contribution in [2.75, 3.05) is 13.1 Å². The van der Waals surface area contributed by atoms with Crippen molar-refractivity contribution in [3.05, 3.63) is 47.6 Å². The Kier molecular flexibility index (Phi) is 5.53. The molecule has 6 nitrogen and oxygen atoms in total. The highest BCUT2D eigenvalue weighted by molar-refractivity contribution is 7.91. The Hall–Kier alpha value is -1.77. The largest absolute Gasteiger partial charge is 0.350 e. The van der Waals surface area contributed by atoms with Crippen molar-refractivity contribution in [2.45, 2.75) is 42.9 Å². The number of nitrogens with zero attached hydrogens (tertiary/aromatic N) is 2. The maximum atomic E-state index is 13.1. The molecule has 1 N–H and O–H groups in total. The third-order valence-corrected chi connectivity index (χ3v) is 9.23. The number of carbonyl (C=O) groups excluding carboxylic acids is 1. The first-order valence-electron chi connectivity index (χ1n) is 9.73. The molecule has 2 aromatic rings. The van der Waals surface area contributed by atoms with Crippen LogP contribution in [0.5, 0.6) is 0 Å². The van der Waals surface area contributed by atoms with Gasteiger partial charge >= 0.3 is 0 Å². The molecule has 1 amide bonds. The van der Waals surface area contributed by atoms with E-state index in [0.717, 1.165) is 37.8 Å². The van der Waals surface area contributed by atoms with Crippen LogP contribution in [0.1, 0.15) is 37.8 Å². The Balaban J connectivity index is 1.54. The minimum absolute atomic E-state index is 0.0589. The van der Waals surface area contributed by atoms with Crippen LogP contribution in [0.25, 0.3) is 0 Å². The summed E-state index contributed by atoms with van der Waals surface area (Å²) in [5.74, 6) is -0.373. The van der Waals surface area contributed by atoms with E-state index in [4.69, 9.17) is 0 Å². The summed E-state index contributed by atoms with van der Waals surface area (Å²) in [7, 11) is -3.54. The summed E-state index contributed by atoms with van der Waals surface area (Å²) in [6, 6.07) is 9.00. The molecule has 150 valence electrons. The third-order valence-electron chi connectivity index (χ3n) is 6.04. The number of sulfonamides is 1. The highest BCUT2D eigenvalue weighted by atomic mass is 32.2. The summed E-state index contributed by atoms with van der Waals surface area (Å²) in [6.07, 6.45) is 6.78. The fraction of sp³-hybridized carbons (Fsp3) is 0.500. The first kappa shape index (κ1) is 19.5. The summed E-state index contributed by atoms with van der Waals surface area (Å²) in [5, 5.41) is 4.77. The van der Waals surface area contributed by atoms with E-state index >= 15 is 0 Å². The lowest BCUT2D eigenvalue weighted by Gasteiger charge is -2.37. The zero-order valence-electron chi connectivity index (χ0n) is 15.7. The Morgan fingerprint density at radius 3 is 2.71 bits per heavy atom. The van der Waals surface area contributed by atoms with Gasteiger partial charge in [0.15, 0.2) is 0 Å². The van der Waals surface area contributed by atoms with Gasteiger partial charge in [0.1, 0.15) is 4.21 Å². The fourth-order valence-corrected chi connectivity index (χ4v) is 7.27. The monoisotopic (exact) mass is 419 g/mol. The molecule has 1 aliphatic carbocycles. The zero-order chi connectivity index (χ0) is 19.6. The predicted molar refractivity (Wildman–Crippen MR) is 108 cm³/mol. The van der Waals surface area contributed by atoms with Crippen LogP contribution in [0.15, 0.2) is 46.1 Å². The van der Waals surface area contributed by atoms with E-state index in [1.54, 1.807) is 23.7 Å². The van der Waals surface area contributed by atoms with E-state index in [9.17, 15) is 13.2 Å². The Labute approximate surface area is 170 Å². The molecule has 2 aliphatic rings. The minimum atomic E-state index is -3.54. The lowest BCUT2D eigenvalue weighted by atomic mass is 9.67. The van der Waals surface area contributed by atoms with Crippen LogP contribution in [0.3, 0.4) is 0 Å². The number of carbonyl (C=O) groups is 1. The third kappa shape index (κ3) is 3.73. The van der Waals surface area contributed by atoms with Gasteiger partial charge in [-0.1, -0.05) is 31.4 Å². The number of nitrogens with one attached hydrogen (secondary N) is 1. The van der Waals surface area contributed by atoms with Gasteiger partial charge < -0.3 is 5.32 Å². The Morgan fingerprint density at radius 2 is 2.04 bits per heavy atom. The van der Waals surface area contributed by atoms with Crippen molar-refractivity contribution in [1.29, 1.82) is 0 Å². The highest BCUT2D eigenvalue weighted by Gasteiger charge is 2.53. The standard InChI is InChI=1S/C20H25N3O3S2/c24-19(22-13-16-7-2-5-11-21-16)17-14-23(15-20(17)9-3-1-4-10-20)28(25,26)18-8-6-12-27-18/h2,5-8,11-12,17H,1,3-4,9-10,13-15H2,(H,22,24)/t17-/m1/s1. The molecule has 1 aliphatic heterocycles. The second-order valence-corrected chi connectivity index (χ2v) is 10.9. The predicted octanol–water partition coefficient (Wildman–Crippen LogP) is 3.03. The first-order chi connectivity index (χ1) is 13.5.